The number of benzene rings is 2. The molecule has 2 aromatic carbocycles. The summed E-state index contributed by atoms with van der Waals surface area (Å²) in [5, 5.41) is 0. The number of ether oxygens (including phenoxy) is 1. The third-order valence-electron chi connectivity index (χ3n) is 3.16. The van der Waals surface area contributed by atoms with Crippen molar-refractivity contribution in [1.29, 1.82) is 0 Å². The maximum absolute atomic E-state index is 13.4. The number of hydrogen-bond donors (Lipinski definition) is 0. The molecule has 0 fully saturated rings. The highest BCUT2D eigenvalue weighted by Crippen LogP contribution is 2.19. The van der Waals surface area contributed by atoms with E-state index < -0.39 is 5.82 Å². The van der Waals surface area contributed by atoms with Gasteiger partial charge in [-0.25, -0.2) is 13.8 Å². The van der Waals surface area contributed by atoms with Crippen LogP contribution in [0, 0.1) is 11.6 Å². The van der Waals surface area contributed by atoms with Gasteiger partial charge in [0.05, 0.1) is 7.11 Å². The summed E-state index contributed by atoms with van der Waals surface area (Å²) in [6, 6.07) is 10.5. The van der Waals surface area contributed by atoms with E-state index in [9.17, 15) is 8.78 Å². The zero-order valence-electron chi connectivity index (χ0n) is 12.6. The Bertz CT molecular complexity index is 722. The van der Waals surface area contributed by atoms with Gasteiger partial charge in [0.1, 0.15) is 5.82 Å². The zero-order chi connectivity index (χ0) is 16.1. The van der Waals surface area contributed by atoms with Gasteiger partial charge in [-0.1, -0.05) is 0 Å². The molecule has 0 N–H and O–H groups in total. The minimum Gasteiger partial charge on any atom is -0.494 e. The summed E-state index contributed by atoms with van der Waals surface area (Å²) < 4.78 is 31.4. The molecule has 5 heteroatoms. The lowest BCUT2D eigenvalue weighted by Crippen LogP contribution is -2.04. The first-order chi connectivity index (χ1) is 10.5. The van der Waals surface area contributed by atoms with Crippen molar-refractivity contribution in [2.24, 2.45) is 9.98 Å². The molecule has 0 aliphatic heterocycles. The smallest absolute Gasteiger partial charge is 0.165 e. The fourth-order valence-electron chi connectivity index (χ4n) is 1.95. The third kappa shape index (κ3) is 3.55. The van der Waals surface area contributed by atoms with Crippen LogP contribution in [0.2, 0.25) is 0 Å². The van der Waals surface area contributed by atoms with Gasteiger partial charge in [-0.3, -0.25) is 4.99 Å². The summed E-state index contributed by atoms with van der Waals surface area (Å²) in [5.74, 6) is -0.116. The van der Waals surface area contributed by atoms with Crippen molar-refractivity contribution in [1.82, 2.24) is 0 Å². The summed E-state index contributed by atoms with van der Waals surface area (Å²) in [7, 11) is 3.02. The lowest BCUT2D eigenvalue weighted by molar-refractivity contribution is 0.386. The molecule has 22 heavy (non-hydrogen) atoms. The topological polar surface area (TPSA) is 34.0 Å². The molecule has 0 aliphatic carbocycles. The molecular weight excluding hydrogens is 286 g/mol. The highest BCUT2D eigenvalue weighted by Gasteiger charge is 2.08. The summed E-state index contributed by atoms with van der Waals surface area (Å²) in [5.41, 5.74) is 2.09. The number of rotatable bonds is 3. The maximum atomic E-state index is 13.4. The first-order valence-corrected chi connectivity index (χ1v) is 6.67. The Morgan fingerprint density at radius 3 is 2.23 bits per heavy atom. The number of nitrogens with zero attached hydrogens (tertiary/aromatic N) is 2. The lowest BCUT2D eigenvalue weighted by atomic mass is 10.1. The molecule has 0 radical (unpaired) electrons. The highest BCUT2D eigenvalue weighted by molar-refractivity contribution is 6.11. The Hall–Kier alpha value is -2.56. The molecule has 0 bridgehead atoms. The Balaban J connectivity index is 2.35. The van der Waals surface area contributed by atoms with E-state index in [0.29, 0.717) is 17.1 Å². The fraction of sp³-hybridized carbons (Fsp3) is 0.176. The fourth-order valence-corrected chi connectivity index (χ4v) is 1.95. The summed E-state index contributed by atoms with van der Waals surface area (Å²) in [6.07, 6.45) is 0. The quantitative estimate of drug-likeness (QED) is 0.626. The SMILES string of the molecule is CN=C(N=C(C)c1ccc(F)c(OC)c1)c1ccc(F)cc1. The van der Waals surface area contributed by atoms with E-state index in [1.807, 2.05) is 0 Å². The molecular formula is C17H16F2N2O. The van der Waals surface area contributed by atoms with Crippen molar-refractivity contribution in [2.75, 3.05) is 14.2 Å². The molecule has 0 amide bonds. The van der Waals surface area contributed by atoms with Crippen molar-refractivity contribution in [3.8, 4) is 5.75 Å². The number of methoxy groups -OCH3 is 1. The zero-order valence-corrected chi connectivity index (χ0v) is 12.6. The van der Waals surface area contributed by atoms with Gasteiger partial charge >= 0.3 is 0 Å². The van der Waals surface area contributed by atoms with Gasteiger partial charge in [0, 0.05) is 18.3 Å². The Morgan fingerprint density at radius 1 is 1.00 bits per heavy atom. The van der Waals surface area contributed by atoms with Crippen LogP contribution < -0.4 is 4.74 Å². The molecule has 0 unspecified atom stereocenters. The molecule has 2 aromatic rings. The Labute approximate surface area is 128 Å². The van der Waals surface area contributed by atoms with Crippen LogP contribution in [0.5, 0.6) is 5.75 Å². The predicted molar refractivity (Wildman–Crippen MR) is 84.0 cm³/mol. The average molecular weight is 302 g/mol. The van der Waals surface area contributed by atoms with Gasteiger partial charge in [-0.15, -0.1) is 0 Å². The van der Waals surface area contributed by atoms with Crippen LogP contribution in [0.25, 0.3) is 0 Å². The summed E-state index contributed by atoms with van der Waals surface area (Å²) >= 11 is 0. The van der Waals surface area contributed by atoms with Crippen molar-refractivity contribution in [2.45, 2.75) is 6.92 Å². The van der Waals surface area contributed by atoms with E-state index in [0.717, 1.165) is 5.56 Å². The van der Waals surface area contributed by atoms with E-state index in [4.69, 9.17) is 4.74 Å². The van der Waals surface area contributed by atoms with Gasteiger partial charge in [-0.05, 0) is 55.0 Å². The Kier molecular flexibility index (Phi) is 4.99. The predicted octanol–water partition coefficient (Wildman–Crippen LogP) is 3.86. The van der Waals surface area contributed by atoms with Crippen LogP contribution in [0.3, 0.4) is 0 Å². The van der Waals surface area contributed by atoms with Crippen molar-refractivity contribution < 1.29 is 13.5 Å². The molecule has 0 aromatic heterocycles. The van der Waals surface area contributed by atoms with Gasteiger partial charge in [0.25, 0.3) is 0 Å². The maximum Gasteiger partial charge on any atom is 0.165 e. The molecule has 0 heterocycles. The largest absolute Gasteiger partial charge is 0.494 e. The Morgan fingerprint density at radius 2 is 1.64 bits per heavy atom. The van der Waals surface area contributed by atoms with Crippen molar-refractivity contribution in [3.05, 3.63) is 65.2 Å². The molecule has 114 valence electrons. The van der Waals surface area contributed by atoms with Crippen LogP contribution in [0.4, 0.5) is 8.78 Å². The normalized spacial score (nSPS) is 12.4. The van der Waals surface area contributed by atoms with E-state index in [1.54, 1.807) is 38.2 Å². The number of amidine groups is 1. The molecule has 0 aliphatic rings. The van der Waals surface area contributed by atoms with E-state index in [2.05, 4.69) is 9.98 Å². The minimum absolute atomic E-state index is 0.156. The number of hydrogen-bond acceptors (Lipinski definition) is 2. The van der Waals surface area contributed by atoms with Crippen LogP contribution in [-0.2, 0) is 0 Å². The summed E-state index contributed by atoms with van der Waals surface area (Å²) in [6.45, 7) is 1.79. The lowest BCUT2D eigenvalue weighted by Gasteiger charge is -2.07. The van der Waals surface area contributed by atoms with E-state index in [-0.39, 0.29) is 11.6 Å². The van der Waals surface area contributed by atoms with E-state index in [1.165, 1.54) is 25.3 Å². The van der Waals surface area contributed by atoms with E-state index >= 15 is 0 Å². The molecule has 0 saturated carbocycles. The van der Waals surface area contributed by atoms with Gasteiger partial charge in [0.15, 0.2) is 17.4 Å². The highest BCUT2D eigenvalue weighted by atomic mass is 19.1. The standard InChI is InChI=1S/C17H16F2N2O/c1-11(13-6-9-15(19)16(10-13)22-3)21-17(20-2)12-4-7-14(18)8-5-12/h4-10H,1-3H3. The average Bonchev–Trinajstić information content (AvgIpc) is 2.53. The van der Waals surface area contributed by atoms with Gasteiger partial charge in [-0.2, -0.15) is 0 Å². The van der Waals surface area contributed by atoms with Gasteiger partial charge < -0.3 is 4.74 Å². The number of halogens is 2. The van der Waals surface area contributed by atoms with Crippen LogP contribution in [0.1, 0.15) is 18.1 Å². The molecule has 2 rings (SSSR count). The van der Waals surface area contributed by atoms with Crippen LogP contribution in [0.15, 0.2) is 52.4 Å². The van der Waals surface area contributed by atoms with Crippen molar-refractivity contribution in [3.63, 3.8) is 0 Å². The molecule has 0 atom stereocenters. The van der Waals surface area contributed by atoms with Crippen LogP contribution in [-0.4, -0.2) is 25.7 Å². The van der Waals surface area contributed by atoms with Gasteiger partial charge in [0.2, 0.25) is 0 Å². The number of aliphatic imine (C=N–C) groups is 2. The second-order valence-electron chi connectivity index (χ2n) is 4.60. The van der Waals surface area contributed by atoms with Crippen LogP contribution >= 0.6 is 0 Å². The molecule has 0 saturated heterocycles. The second kappa shape index (κ2) is 6.93. The second-order valence-corrected chi connectivity index (χ2v) is 4.60. The monoisotopic (exact) mass is 302 g/mol. The molecule has 0 spiro atoms. The third-order valence-corrected chi connectivity index (χ3v) is 3.16. The molecule has 3 nitrogen and oxygen atoms in total. The first-order valence-electron chi connectivity index (χ1n) is 6.67. The summed E-state index contributed by atoms with van der Waals surface area (Å²) in [4.78, 5) is 8.55. The minimum atomic E-state index is -0.429. The van der Waals surface area contributed by atoms with Crippen molar-refractivity contribution >= 4 is 11.5 Å². The first kappa shape index (κ1) is 15.8.